The Hall–Kier alpha value is -0.510. The SMILES string of the molecule is CNc1nc(C2(OC)CCOCC2)nc(COC)c1I. The van der Waals surface area contributed by atoms with Crippen molar-refractivity contribution in [1.29, 1.82) is 0 Å². The highest BCUT2D eigenvalue weighted by atomic mass is 127. The van der Waals surface area contributed by atoms with Crippen LogP contribution in [-0.4, -0.2) is 44.4 Å². The van der Waals surface area contributed by atoms with E-state index in [9.17, 15) is 0 Å². The van der Waals surface area contributed by atoms with Crippen LogP contribution in [0, 0.1) is 3.57 Å². The Labute approximate surface area is 132 Å². The van der Waals surface area contributed by atoms with Gasteiger partial charge >= 0.3 is 0 Å². The van der Waals surface area contributed by atoms with Gasteiger partial charge < -0.3 is 19.5 Å². The minimum Gasteiger partial charge on any atom is -0.381 e. The van der Waals surface area contributed by atoms with Crippen LogP contribution in [0.15, 0.2) is 0 Å². The number of methoxy groups -OCH3 is 2. The fourth-order valence-electron chi connectivity index (χ4n) is 2.32. The highest BCUT2D eigenvalue weighted by molar-refractivity contribution is 14.1. The molecule has 6 nitrogen and oxygen atoms in total. The Morgan fingerprint density at radius 2 is 2.00 bits per heavy atom. The standard InChI is InChI=1S/C13H20IN3O3/c1-15-11-10(14)9(8-18-2)16-12(17-11)13(19-3)4-6-20-7-5-13/h4-8H2,1-3H3,(H,15,16,17). The van der Waals surface area contributed by atoms with Gasteiger partial charge in [0.15, 0.2) is 5.82 Å². The maximum Gasteiger partial charge on any atom is 0.163 e. The van der Waals surface area contributed by atoms with Crippen LogP contribution >= 0.6 is 22.6 Å². The van der Waals surface area contributed by atoms with Crippen LogP contribution in [-0.2, 0) is 26.4 Å². The zero-order valence-corrected chi connectivity index (χ0v) is 14.2. The Balaban J connectivity index is 2.46. The van der Waals surface area contributed by atoms with E-state index in [0.29, 0.717) is 25.6 Å². The van der Waals surface area contributed by atoms with Crippen molar-refractivity contribution in [3.05, 3.63) is 15.1 Å². The molecule has 0 atom stereocenters. The summed E-state index contributed by atoms with van der Waals surface area (Å²) >= 11 is 2.24. The summed E-state index contributed by atoms with van der Waals surface area (Å²) < 4.78 is 17.4. The number of nitrogens with one attached hydrogen (secondary N) is 1. The van der Waals surface area contributed by atoms with E-state index in [-0.39, 0.29) is 0 Å². The summed E-state index contributed by atoms with van der Waals surface area (Å²) in [4.78, 5) is 9.31. The van der Waals surface area contributed by atoms with Gasteiger partial charge in [0.2, 0.25) is 0 Å². The van der Waals surface area contributed by atoms with Gasteiger partial charge in [0.1, 0.15) is 11.4 Å². The van der Waals surface area contributed by atoms with Crippen LogP contribution in [0.5, 0.6) is 0 Å². The average Bonchev–Trinajstić information content (AvgIpc) is 2.50. The van der Waals surface area contributed by atoms with Crippen molar-refractivity contribution in [2.75, 3.05) is 39.8 Å². The lowest BCUT2D eigenvalue weighted by molar-refractivity contribution is -0.100. The van der Waals surface area contributed by atoms with E-state index < -0.39 is 5.60 Å². The molecule has 1 aromatic rings. The van der Waals surface area contributed by atoms with Crippen LogP contribution in [0.4, 0.5) is 5.82 Å². The second-order valence-corrected chi connectivity index (χ2v) is 5.73. The van der Waals surface area contributed by atoms with E-state index in [1.165, 1.54) is 0 Å². The fourth-order valence-corrected chi connectivity index (χ4v) is 2.98. The predicted molar refractivity (Wildman–Crippen MR) is 83.7 cm³/mol. The quantitative estimate of drug-likeness (QED) is 0.772. The van der Waals surface area contributed by atoms with Gasteiger partial charge in [-0.25, -0.2) is 9.97 Å². The summed E-state index contributed by atoms with van der Waals surface area (Å²) in [5.74, 6) is 1.52. The van der Waals surface area contributed by atoms with Crippen molar-refractivity contribution in [3.8, 4) is 0 Å². The zero-order chi connectivity index (χ0) is 14.6. The maximum atomic E-state index is 5.76. The van der Waals surface area contributed by atoms with E-state index in [1.54, 1.807) is 14.2 Å². The zero-order valence-electron chi connectivity index (χ0n) is 12.0. The minimum atomic E-state index is -0.462. The number of rotatable bonds is 5. The first-order valence-corrected chi connectivity index (χ1v) is 7.61. The highest BCUT2D eigenvalue weighted by Gasteiger charge is 2.38. The lowest BCUT2D eigenvalue weighted by atomic mass is 9.93. The number of ether oxygens (including phenoxy) is 3. The third-order valence-electron chi connectivity index (χ3n) is 3.54. The molecule has 0 aliphatic carbocycles. The molecule has 1 saturated heterocycles. The van der Waals surface area contributed by atoms with Crippen molar-refractivity contribution >= 4 is 28.4 Å². The number of hydrogen-bond donors (Lipinski definition) is 1. The van der Waals surface area contributed by atoms with Crippen LogP contribution < -0.4 is 5.32 Å². The molecule has 112 valence electrons. The van der Waals surface area contributed by atoms with Gasteiger partial charge in [-0.15, -0.1) is 0 Å². The van der Waals surface area contributed by atoms with Crippen molar-refractivity contribution < 1.29 is 14.2 Å². The van der Waals surface area contributed by atoms with Gasteiger partial charge in [-0.05, 0) is 22.6 Å². The summed E-state index contributed by atoms with van der Waals surface area (Å²) in [7, 11) is 5.23. The molecule has 2 heterocycles. The van der Waals surface area contributed by atoms with Gasteiger partial charge in [0.05, 0.1) is 15.9 Å². The smallest absolute Gasteiger partial charge is 0.163 e. The van der Waals surface area contributed by atoms with E-state index in [1.807, 2.05) is 7.05 Å². The first-order chi connectivity index (χ1) is 9.66. The molecule has 1 fully saturated rings. The van der Waals surface area contributed by atoms with Crippen molar-refractivity contribution in [3.63, 3.8) is 0 Å². The predicted octanol–water partition coefficient (Wildman–Crippen LogP) is 1.92. The Morgan fingerprint density at radius 3 is 2.55 bits per heavy atom. The first-order valence-electron chi connectivity index (χ1n) is 6.53. The second kappa shape index (κ2) is 6.97. The van der Waals surface area contributed by atoms with Crippen molar-refractivity contribution in [2.45, 2.75) is 25.0 Å². The molecule has 1 aromatic heterocycles. The van der Waals surface area contributed by atoms with Crippen LogP contribution in [0.2, 0.25) is 0 Å². The van der Waals surface area contributed by atoms with Crippen LogP contribution in [0.3, 0.4) is 0 Å². The molecule has 20 heavy (non-hydrogen) atoms. The summed E-state index contributed by atoms with van der Waals surface area (Å²) in [6.45, 7) is 1.79. The third kappa shape index (κ3) is 3.05. The van der Waals surface area contributed by atoms with Crippen molar-refractivity contribution in [1.82, 2.24) is 9.97 Å². The van der Waals surface area contributed by atoms with E-state index in [2.05, 4.69) is 37.9 Å². The Bertz CT molecular complexity index is 464. The number of hydrogen-bond acceptors (Lipinski definition) is 6. The molecule has 0 unspecified atom stereocenters. The number of anilines is 1. The molecule has 0 bridgehead atoms. The summed E-state index contributed by atoms with van der Waals surface area (Å²) in [6.07, 6.45) is 1.53. The molecule has 0 saturated carbocycles. The summed E-state index contributed by atoms with van der Waals surface area (Å²) in [5, 5.41) is 3.11. The van der Waals surface area contributed by atoms with Crippen LogP contribution in [0.1, 0.15) is 24.4 Å². The Kier molecular flexibility index (Phi) is 5.53. The molecule has 2 rings (SSSR count). The summed E-state index contributed by atoms with van der Waals surface area (Å²) in [5.41, 5.74) is 0.418. The molecule has 7 heteroatoms. The molecule has 0 spiro atoms. The molecule has 1 N–H and O–H groups in total. The highest BCUT2D eigenvalue weighted by Crippen LogP contribution is 2.35. The molecular formula is C13H20IN3O3. The lowest BCUT2D eigenvalue weighted by Crippen LogP contribution is -2.38. The van der Waals surface area contributed by atoms with Gasteiger partial charge in [0, 0.05) is 47.3 Å². The van der Waals surface area contributed by atoms with Gasteiger partial charge in [-0.3, -0.25) is 0 Å². The monoisotopic (exact) mass is 393 g/mol. The molecule has 0 radical (unpaired) electrons. The van der Waals surface area contributed by atoms with Gasteiger partial charge in [-0.2, -0.15) is 0 Å². The van der Waals surface area contributed by atoms with Gasteiger partial charge in [0.25, 0.3) is 0 Å². The fraction of sp³-hybridized carbons (Fsp3) is 0.692. The van der Waals surface area contributed by atoms with E-state index in [4.69, 9.17) is 14.2 Å². The number of nitrogens with zero attached hydrogens (tertiary/aromatic N) is 2. The third-order valence-corrected chi connectivity index (χ3v) is 4.67. The molecule has 1 aliphatic heterocycles. The molecule has 0 amide bonds. The summed E-state index contributed by atoms with van der Waals surface area (Å²) in [6, 6.07) is 0. The normalized spacial score (nSPS) is 18.0. The van der Waals surface area contributed by atoms with Crippen molar-refractivity contribution in [2.24, 2.45) is 0 Å². The second-order valence-electron chi connectivity index (χ2n) is 4.65. The van der Waals surface area contributed by atoms with E-state index >= 15 is 0 Å². The van der Waals surface area contributed by atoms with Gasteiger partial charge in [-0.1, -0.05) is 0 Å². The minimum absolute atomic E-state index is 0.457. The average molecular weight is 393 g/mol. The Morgan fingerprint density at radius 1 is 1.30 bits per heavy atom. The van der Waals surface area contributed by atoms with Crippen LogP contribution in [0.25, 0.3) is 0 Å². The molecule has 0 aromatic carbocycles. The topological polar surface area (TPSA) is 65.5 Å². The van der Waals surface area contributed by atoms with E-state index in [0.717, 1.165) is 27.9 Å². The first kappa shape index (κ1) is 15.9. The lowest BCUT2D eigenvalue weighted by Gasteiger charge is -2.34. The number of halogens is 1. The maximum absolute atomic E-state index is 5.76. The molecular weight excluding hydrogens is 373 g/mol. The largest absolute Gasteiger partial charge is 0.381 e. The number of aromatic nitrogens is 2. The molecule has 1 aliphatic rings.